The van der Waals surface area contributed by atoms with E-state index in [-0.39, 0.29) is 12.2 Å². The number of nitrogens with zero attached hydrogens (tertiary/aromatic N) is 1. The van der Waals surface area contributed by atoms with Crippen LogP contribution in [0.5, 0.6) is 0 Å². The lowest BCUT2D eigenvalue weighted by Gasteiger charge is -2.17. The average Bonchev–Trinajstić information content (AvgIpc) is 3.20. The number of alkyl halides is 2. The molecule has 4 nitrogen and oxygen atoms in total. The zero-order valence-electron chi connectivity index (χ0n) is 15.1. The van der Waals surface area contributed by atoms with Gasteiger partial charge in [0, 0.05) is 17.2 Å². The molecule has 0 aromatic heterocycles. The van der Waals surface area contributed by atoms with Crippen LogP contribution in [-0.4, -0.2) is 30.2 Å². The molecule has 1 unspecified atom stereocenters. The molecule has 0 N–H and O–H groups in total. The number of carbonyl (C=O) groups excluding carboxylic acids is 1. The summed E-state index contributed by atoms with van der Waals surface area (Å²) in [4.78, 5) is 14.0. The van der Waals surface area contributed by atoms with E-state index in [2.05, 4.69) is 50.1 Å². The van der Waals surface area contributed by atoms with Crippen molar-refractivity contribution in [3.05, 3.63) is 70.8 Å². The number of carbonyl (C=O) groups is 1. The highest BCUT2D eigenvalue weighted by Crippen LogP contribution is 2.20. The van der Waals surface area contributed by atoms with Crippen molar-refractivity contribution in [1.29, 1.82) is 0 Å². The molecule has 1 fully saturated rings. The fourth-order valence-electron chi connectivity index (χ4n) is 3.13. The summed E-state index contributed by atoms with van der Waals surface area (Å²) in [5.41, 5.74) is 4.63. The normalized spacial score (nSPS) is 16.5. The fourth-order valence-corrected chi connectivity index (χ4v) is 3.78. The van der Waals surface area contributed by atoms with Crippen molar-refractivity contribution in [2.75, 3.05) is 13.1 Å². The number of hydrogen-bond acceptors (Lipinski definition) is 3. The first kappa shape index (κ1) is 20.4. The highest BCUT2D eigenvalue weighted by atomic mass is 79.9. The van der Waals surface area contributed by atoms with Gasteiger partial charge in [0.1, 0.15) is 6.61 Å². The van der Waals surface area contributed by atoms with Crippen molar-refractivity contribution >= 4 is 38.0 Å². The molecule has 0 bridgehead atoms. The molecule has 27 heavy (non-hydrogen) atoms. The van der Waals surface area contributed by atoms with Crippen molar-refractivity contribution in [3.8, 4) is 0 Å². The molecule has 2 aromatic rings. The maximum atomic E-state index is 12.2. The highest BCUT2D eigenvalue weighted by molar-refractivity contribution is 9.08. The van der Waals surface area contributed by atoms with Gasteiger partial charge in [-0.05, 0) is 28.7 Å². The van der Waals surface area contributed by atoms with Gasteiger partial charge < -0.3 is 14.4 Å². The predicted molar refractivity (Wildman–Crippen MR) is 113 cm³/mol. The van der Waals surface area contributed by atoms with E-state index in [1.54, 1.807) is 4.90 Å². The Hall–Kier alpha value is -1.37. The summed E-state index contributed by atoms with van der Waals surface area (Å²) in [7, 11) is 0. The van der Waals surface area contributed by atoms with Gasteiger partial charge in [-0.2, -0.15) is 0 Å². The van der Waals surface area contributed by atoms with E-state index in [4.69, 9.17) is 9.47 Å². The lowest BCUT2D eigenvalue weighted by molar-refractivity contribution is 0.0431. The number of likely N-dealkylation sites (tertiary alicyclic amines) is 1. The number of amides is 1. The van der Waals surface area contributed by atoms with Crippen LogP contribution in [0, 0.1) is 0 Å². The highest BCUT2D eigenvalue weighted by Gasteiger charge is 2.27. The molecule has 0 aliphatic carbocycles. The zero-order valence-corrected chi connectivity index (χ0v) is 18.2. The molecule has 1 heterocycles. The first-order valence-electron chi connectivity index (χ1n) is 8.99. The molecule has 0 saturated carbocycles. The number of rotatable bonds is 7. The Morgan fingerprint density at radius 2 is 1.63 bits per heavy atom. The minimum atomic E-state index is -0.271. The maximum Gasteiger partial charge on any atom is 0.410 e. The SMILES string of the molecule is O=C(OCc1ccccc1)N1CCC(OCc2cc(CBr)cc(CBr)c2)C1. The van der Waals surface area contributed by atoms with E-state index in [1.807, 2.05) is 30.3 Å². The second-order valence-corrected chi connectivity index (χ2v) is 7.75. The third kappa shape index (κ3) is 6.06. The Morgan fingerprint density at radius 3 is 2.30 bits per heavy atom. The van der Waals surface area contributed by atoms with Gasteiger partial charge in [0.05, 0.1) is 19.3 Å². The lowest BCUT2D eigenvalue weighted by Crippen LogP contribution is -2.30. The minimum absolute atomic E-state index is 0.0503. The number of benzene rings is 2. The summed E-state index contributed by atoms with van der Waals surface area (Å²) >= 11 is 7.03. The third-order valence-electron chi connectivity index (χ3n) is 4.52. The topological polar surface area (TPSA) is 38.8 Å². The molecule has 144 valence electrons. The van der Waals surface area contributed by atoms with E-state index in [1.165, 1.54) is 11.1 Å². The molecule has 0 radical (unpaired) electrons. The smallest absolute Gasteiger partial charge is 0.410 e. The van der Waals surface area contributed by atoms with Gasteiger partial charge in [0.15, 0.2) is 0 Å². The van der Waals surface area contributed by atoms with Crippen LogP contribution in [0.25, 0.3) is 0 Å². The van der Waals surface area contributed by atoms with Crippen molar-refractivity contribution < 1.29 is 14.3 Å². The lowest BCUT2D eigenvalue weighted by atomic mass is 10.1. The Labute approximate surface area is 177 Å². The molecular formula is C21H23Br2NO3. The summed E-state index contributed by atoms with van der Waals surface area (Å²) in [6.45, 7) is 2.11. The Kier molecular flexibility index (Phi) is 7.73. The van der Waals surface area contributed by atoms with E-state index >= 15 is 0 Å². The number of ether oxygens (including phenoxy) is 2. The second kappa shape index (κ2) is 10.2. The molecule has 6 heteroatoms. The first-order chi connectivity index (χ1) is 13.2. The quantitative estimate of drug-likeness (QED) is 0.481. The molecule has 0 spiro atoms. The van der Waals surface area contributed by atoms with Crippen LogP contribution < -0.4 is 0 Å². The van der Waals surface area contributed by atoms with Crippen LogP contribution in [-0.2, 0) is 33.3 Å². The summed E-state index contributed by atoms with van der Waals surface area (Å²) in [6, 6.07) is 16.2. The van der Waals surface area contributed by atoms with E-state index in [0.29, 0.717) is 26.3 Å². The van der Waals surface area contributed by atoms with Crippen LogP contribution in [0.15, 0.2) is 48.5 Å². The maximum absolute atomic E-state index is 12.2. The number of halogens is 2. The van der Waals surface area contributed by atoms with Crippen LogP contribution >= 0.6 is 31.9 Å². The van der Waals surface area contributed by atoms with Crippen molar-refractivity contribution in [2.45, 2.75) is 36.4 Å². The summed E-state index contributed by atoms with van der Waals surface area (Å²) in [5.74, 6) is 0. The monoisotopic (exact) mass is 495 g/mol. The molecule has 1 aliphatic heterocycles. The molecule has 1 amide bonds. The van der Waals surface area contributed by atoms with Crippen LogP contribution in [0.1, 0.15) is 28.7 Å². The Balaban J connectivity index is 1.46. The third-order valence-corrected chi connectivity index (χ3v) is 5.81. The van der Waals surface area contributed by atoms with Crippen molar-refractivity contribution in [3.63, 3.8) is 0 Å². The van der Waals surface area contributed by atoms with Gasteiger partial charge in [0.25, 0.3) is 0 Å². The Morgan fingerprint density at radius 1 is 0.963 bits per heavy atom. The minimum Gasteiger partial charge on any atom is -0.445 e. The standard InChI is InChI=1S/C21H23Br2NO3/c22-11-17-8-18(12-23)10-19(9-17)15-26-20-6-7-24(13-20)21(25)27-14-16-4-2-1-3-5-16/h1-5,8-10,20H,6-7,11-15H2. The van der Waals surface area contributed by atoms with Crippen molar-refractivity contribution in [1.82, 2.24) is 4.90 Å². The molecule has 3 rings (SSSR count). The van der Waals surface area contributed by atoms with E-state index < -0.39 is 0 Å². The zero-order chi connectivity index (χ0) is 19.1. The van der Waals surface area contributed by atoms with Crippen LogP contribution in [0.2, 0.25) is 0 Å². The van der Waals surface area contributed by atoms with E-state index in [9.17, 15) is 4.79 Å². The van der Waals surface area contributed by atoms with Gasteiger partial charge in [-0.3, -0.25) is 0 Å². The van der Waals surface area contributed by atoms with Crippen LogP contribution in [0.3, 0.4) is 0 Å². The first-order valence-corrected chi connectivity index (χ1v) is 11.2. The van der Waals surface area contributed by atoms with Gasteiger partial charge in [-0.15, -0.1) is 0 Å². The second-order valence-electron chi connectivity index (χ2n) is 6.63. The molecule has 2 aromatic carbocycles. The molecule has 1 atom stereocenters. The molecule has 1 saturated heterocycles. The summed E-state index contributed by atoms with van der Waals surface area (Å²) in [6.07, 6.45) is 0.617. The fraction of sp³-hybridized carbons (Fsp3) is 0.381. The van der Waals surface area contributed by atoms with Crippen LogP contribution in [0.4, 0.5) is 4.79 Å². The average molecular weight is 497 g/mol. The van der Waals surface area contributed by atoms with Gasteiger partial charge in [-0.1, -0.05) is 80.4 Å². The molecule has 1 aliphatic rings. The van der Waals surface area contributed by atoms with Gasteiger partial charge in [-0.25, -0.2) is 4.79 Å². The molecular weight excluding hydrogens is 474 g/mol. The summed E-state index contributed by atoms with van der Waals surface area (Å²) < 4.78 is 11.5. The Bertz CT molecular complexity index is 732. The summed E-state index contributed by atoms with van der Waals surface area (Å²) in [5, 5.41) is 1.65. The van der Waals surface area contributed by atoms with Crippen molar-refractivity contribution in [2.24, 2.45) is 0 Å². The number of hydrogen-bond donors (Lipinski definition) is 0. The van der Waals surface area contributed by atoms with Gasteiger partial charge in [0.2, 0.25) is 0 Å². The largest absolute Gasteiger partial charge is 0.445 e. The van der Waals surface area contributed by atoms with Gasteiger partial charge >= 0.3 is 6.09 Å². The predicted octanol–water partition coefficient (Wildman–Crippen LogP) is 5.40. The van der Waals surface area contributed by atoms with E-state index in [0.717, 1.165) is 28.2 Å².